The number of aromatic nitrogens is 4. The first-order valence-corrected chi connectivity index (χ1v) is 8.20. The van der Waals surface area contributed by atoms with E-state index in [4.69, 9.17) is 5.73 Å². The van der Waals surface area contributed by atoms with Crippen molar-refractivity contribution in [3.05, 3.63) is 46.4 Å². The van der Waals surface area contributed by atoms with Crippen molar-refractivity contribution in [2.45, 2.75) is 39.8 Å². The van der Waals surface area contributed by atoms with E-state index in [1.165, 1.54) is 4.52 Å². The van der Waals surface area contributed by atoms with Crippen LogP contribution in [0.4, 0.5) is 11.6 Å². The Bertz CT molecular complexity index is 1020. The minimum atomic E-state index is -1.03. The number of pyridine rings is 1. The molecule has 4 N–H and O–H groups in total. The molecule has 3 heterocycles. The predicted molar refractivity (Wildman–Crippen MR) is 98.4 cm³/mol. The summed E-state index contributed by atoms with van der Waals surface area (Å²) < 4.78 is 1.49. The van der Waals surface area contributed by atoms with Crippen LogP contribution in [0.3, 0.4) is 0 Å². The Morgan fingerprint density at radius 1 is 1.31 bits per heavy atom. The molecule has 0 unspecified atom stereocenters. The lowest BCUT2D eigenvalue weighted by Gasteiger charge is -2.17. The maximum atomic E-state index is 10.1. The largest absolute Gasteiger partial charge is 0.384 e. The lowest BCUT2D eigenvalue weighted by atomic mass is 10.0. The van der Waals surface area contributed by atoms with Gasteiger partial charge in [-0.15, -0.1) is 0 Å². The number of nitriles is 1. The van der Waals surface area contributed by atoms with Crippen molar-refractivity contribution < 1.29 is 5.11 Å². The molecule has 26 heavy (non-hydrogen) atoms. The fourth-order valence-corrected chi connectivity index (χ4v) is 2.61. The summed E-state index contributed by atoms with van der Waals surface area (Å²) in [6.07, 6.45) is 0. The maximum Gasteiger partial charge on any atom is 0.162 e. The van der Waals surface area contributed by atoms with Crippen molar-refractivity contribution in [1.82, 2.24) is 19.6 Å². The van der Waals surface area contributed by atoms with Crippen LogP contribution in [-0.4, -0.2) is 24.7 Å². The van der Waals surface area contributed by atoms with E-state index < -0.39 is 5.60 Å². The van der Waals surface area contributed by atoms with Gasteiger partial charge in [-0.3, -0.25) is 4.98 Å². The second kappa shape index (κ2) is 6.28. The minimum absolute atomic E-state index is 0.235. The smallest absolute Gasteiger partial charge is 0.162 e. The van der Waals surface area contributed by atoms with Gasteiger partial charge in [0.25, 0.3) is 0 Å². The van der Waals surface area contributed by atoms with Gasteiger partial charge in [-0.1, -0.05) is 6.07 Å². The van der Waals surface area contributed by atoms with Gasteiger partial charge in [-0.05, 0) is 39.8 Å². The van der Waals surface area contributed by atoms with Gasteiger partial charge < -0.3 is 16.2 Å². The van der Waals surface area contributed by atoms with Gasteiger partial charge in [0.1, 0.15) is 23.1 Å². The average Bonchev–Trinajstić information content (AvgIpc) is 2.88. The summed E-state index contributed by atoms with van der Waals surface area (Å²) in [5, 5.41) is 27.0. The van der Waals surface area contributed by atoms with Crippen LogP contribution in [0.15, 0.2) is 18.2 Å². The van der Waals surface area contributed by atoms with Gasteiger partial charge in [-0.25, -0.2) is 4.98 Å². The summed E-state index contributed by atoms with van der Waals surface area (Å²) in [6, 6.07) is 7.52. The lowest BCUT2D eigenvalue weighted by Crippen LogP contribution is -2.18. The van der Waals surface area contributed by atoms with Crippen LogP contribution in [0.2, 0.25) is 0 Å². The molecular formula is C18H21N7O. The number of hydrogen-bond donors (Lipinski definition) is 3. The van der Waals surface area contributed by atoms with Crippen molar-refractivity contribution >= 4 is 17.3 Å². The molecule has 0 aliphatic heterocycles. The van der Waals surface area contributed by atoms with Crippen molar-refractivity contribution in [2.75, 3.05) is 11.1 Å². The third kappa shape index (κ3) is 3.05. The van der Waals surface area contributed by atoms with E-state index in [1.54, 1.807) is 19.9 Å². The fourth-order valence-electron chi connectivity index (χ4n) is 2.61. The molecule has 0 aliphatic carbocycles. The number of aliphatic hydroxyl groups is 1. The number of rotatable bonds is 4. The number of nitrogen functional groups attached to an aromatic ring is 1. The summed E-state index contributed by atoms with van der Waals surface area (Å²) in [5.74, 6) is 0.630. The van der Waals surface area contributed by atoms with E-state index >= 15 is 0 Å². The number of nitrogens with zero attached hydrogens (tertiary/aromatic N) is 5. The monoisotopic (exact) mass is 351 g/mol. The zero-order valence-corrected chi connectivity index (χ0v) is 15.2. The molecule has 8 heteroatoms. The molecule has 134 valence electrons. The van der Waals surface area contributed by atoms with Crippen LogP contribution in [0, 0.1) is 25.2 Å². The van der Waals surface area contributed by atoms with Gasteiger partial charge in [0.05, 0.1) is 23.6 Å². The SMILES string of the molecule is Cc1nn2c(N)c(C#N)c(NCc3cccc(C(C)(C)O)n3)nc2c1C. The van der Waals surface area contributed by atoms with Crippen molar-refractivity contribution in [2.24, 2.45) is 0 Å². The van der Waals surface area contributed by atoms with Gasteiger partial charge >= 0.3 is 0 Å². The topological polar surface area (TPSA) is 125 Å². The first-order valence-electron chi connectivity index (χ1n) is 8.20. The number of nitrogens with one attached hydrogen (secondary N) is 1. The van der Waals surface area contributed by atoms with Crippen molar-refractivity contribution in [3.63, 3.8) is 0 Å². The molecule has 3 aromatic heterocycles. The number of fused-ring (bicyclic) bond motifs is 1. The Labute approximate surface area is 151 Å². The number of hydrogen-bond acceptors (Lipinski definition) is 7. The summed E-state index contributed by atoms with van der Waals surface area (Å²) >= 11 is 0. The van der Waals surface area contributed by atoms with Gasteiger partial charge in [0.2, 0.25) is 0 Å². The molecule has 0 radical (unpaired) electrons. The molecule has 0 saturated heterocycles. The molecule has 0 atom stereocenters. The Balaban J connectivity index is 1.97. The molecule has 0 bridgehead atoms. The third-order valence-electron chi connectivity index (χ3n) is 4.25. The quantitative estimate of drug-likeness (QED) is 0.656. The van der Waals surface area contributed by atoms with Crippen LogP contribution in [-0.2, 0) is 12.1 Å². The fraction of sp³-hybridized carbons (Fsp3) is 0.333. The second-order valence-electron chi connectivity index (χ2n) is 6.71. The zero-order valence-electron chi connectivity index (χ0n) is 15.2. The van der Waals surface area contributed by atoms with E-state index in [0.717, 1.165) is 17.0 Å². The van der Waals surface area contributed by atoms with Crippen LogP contribution in [0.25, 0.3) is 5.65 Å². The number of aryl methyl sites for hydroxylation is 2. The first kappa shape index (κ1) is 17.6. The summed E-state index contributed by atoms with van der Waals surface area (Å²) in [7, 11) is 0. The summed E-state index contributed by atoms with van der Waals surface area (Å²) in [4.78, 5) is 8.97. The predicted octanol–water partition coefficient (Wildman–Crippen LogP) is 2.03. The van der Waals surface area contributed by atoms with E-state index in [9.17, 15) is 10.4 Å². The second-order valence-corrected chi connectivity index (χ2v) is 6.71. The molecular weight excluding hydrogens is 330 g/mol. The normalized spacial score (nSPS) is 11.5. The summed E-state index contributed by atoms with van der Waals surface area (Å²) in [6.45, 7) is 7.48. The first-order chi connectivity index (χ1) is 12.2. The third-order valence-corrected chi connectivity index (χ3v) is 4.25. The molecule has 3 aromatic rings. The van der Waals surface area contributed by atoms with E-state index in [-0.39, 0.29) is 11.4 Å². The minimum Gasteiger partial charge on any atom is -0.384 e. The van der Waals surface area contributed by atoms with Crippen molar-refractivity contribution in [3.8, 4) is 6.07 Å². The highest BCUT2D eigenvalue weighted by Gasteiger charge is 2.19. The highest BCUT2D eigenvalue weighted by Crippen LogP contribution is 2.24. The van der Waals surface area contributed by atoms with Gasteiger partial charge in [0.15, 0.2) is 11.5 Å². The number of anilines is 2. The van der Waals surface area contributed by atoms with E-state index in [2.05, 4.69) is 26.5 Å². The van der Waals surface area contributed by atoms with E-state index in [0.29, 0.717) is 23.7 Å². The van der Waals surface area contributed by atoms with Crippen LogP contribution in [0.5, 0.6) is 0 Å². The highest BCUT2D eigenvalue weighted by molar-refractivity contribution is 5.69. The molecule has 3 rings (SSSR count). The average molecular weight is 351 g/mol. The molecule has 0 saturated carbocycles. The molecule has 0 spiro atoms. The highest BCUT2D eigenvalue weighted by atomic mass is 16.3. The van der Waals surface area contributed by atoms with Crippen molar-refractivity contribution in [1.29, 1.82) is 5.26 Å². The molecule has 0 aromatic carbocycles. The molecule has 0 amide bonds. The van der Waals surface area contributed by atoms with Crippen LogP contribution >= 0.6 is 0 Å². The van der Waals surface area contributed by atoms with E-state index in [1.807, 2.05) is 26.0 Å². The number of nitrogens with two attached hydrogens (primary N) is 1. The Hall–Kier alpha value is -3.18. The van der Waals surface area contributed by atoms with Gasteiger partial charge in [0, 0.05) is 5.56 Å². The Morgan fingerprint density at radius 2 is 2.04 bits per heavy atom. The molecule has 0 fully saturated rings. The molecule has 8 nitrogen and oxygen atoms in total. The zero-order chi connectivity index (χ0) is 19.1. The van der Waals surface area contributed by atoms with Gasteiger partial charge in [-0.2, -0.15) is 14.9 Å². The molecule has 0 aliphatic rings. The Kier molecular flexibility index (Phi) is 4.26. The summed E-state index contributed by atoms with van der Waals surface area (Å²) in [5.41, 5.74) is 8.94. The van der Waals surface area contributed by atoms with Crippen LogP contribution < -0.4 is 11.1 Å². The standard InChI is InChI=1S/C18H21N7O/c1-10-11(2)24-25-15(20)13(8-19)16(23-17(10)25)21-9-12-6-5-7-14(22-12)18(3,4)26/h5-7,26H,9,20H2,1-4H3,(H,21,23). The Morgan fingerprint density at radius 3 is 2.69 bits per heavy atom. The maximum absolute atomic E-state index is 10.1. The lowest BCUT2D eigenvalue weighted by molar-refractivity contribution is 0.0736. The van der Waals surface area contributed by atoms with Crippen LogP contribution in [0.1, 0.15) is 42.1 Å².